The molecule has 2 aromatic heterocycles. The van der Waals surface area contributed by atoms with E-state index < -0.39 is 23.7 Å². The number of imidazole rings is 1. The number of fused-ring (bicyclic) bond motifs is 1. The van der Waals surface area contributed by atoms with Crippen molar-refractivity contribution in [3.8, 4) is 11.3 Å². The van der Waals surface area contributed by atoms with Crippen molar-refractivity contribution < 1.29 is 31.1 Å². The number of halogens is 6. The molecule has 37 heavy (non-hydrogen) atoms. The first-order valence-corrected chi connectivity index (χ1v) is 11.5. The predicted molar refractivity (Wildman–Crippen MR) is 124 cm³/mol. The van der Waals surface area contributed by atoms with Crippen LogP contribution in [0.3, 0.4) is 0 Å². The number of nitrogens with zero attached hydrogens (tertiary/aromatic N) is 3. The average molecular weight is 518 g/mol. The lowest BCUT2D eigenvalue weighted by molar-refractivity contribution is -0.144. The number of piperidine rings is 1. The lowest BCUT2D eigenvalue weighted by atomic mass is 9.92. The Kier molecular flexibility index (Phi) is 6.17. The van der Waals surface area contributed by atoms with Crippen LogP contribution in [-0.4, -0.2) is 38.8 Å². The van der Waals surface area contributed by atoms with Gasteiger partial charge in [0.1, 0.15) is 0 Å². The van der Waals surface area contributed by atoms with E-state index in [1.165, 1.54) is 24.3 Å². The molecular formula is C26H20F6N4O. The van der Waals surface area contributed by atoms with Gasteiger partial charge in [0.15, 0.2) is 0 Å². The number of amides is 1. The summed E-state index contributed by atoms with van der Waals surface area (Å²) in [7, 11) is 0. The van der Waals surface area contributed by atoms with Gasteiger partial charge in [-0.05, 0) is 55.3 Å². The van der Waals surface area contributed by atoms with Crippen molar-refractivity contribution in [2.24, 2.45) is 0 Å². The quantitative estimate of drug-likeness (QED) is 0.308. The average Bonchev–Trinajstić information content (AvgIpc) is 3.32. The van der Waals surface area contributed by atoms with Crippen LogP contribution in [0.15, 0.2) is 60.7 Å². The molecule has 0 saturated carbocycles. The normalized spacial score (nSPS) is 15.4. The third-order valence-electron chi connectivity index (χ3n) is 6.45. The largest absolute Gasteiger partial charge is 0.449 e. The Morgan fingerprint density at radius 1 is 0.865 bits per heavy atom. The van der Waals surface area contributed by atoms with E-state index in [2.05, 4.69) is 15.0 Å². The van der Waals surface area contributed by atoms with Gasteiger partial charge in [0.05, 0.1) is 22.3 Å². The fourth-order valence-corrected chi connectivity index (χ4v) is 4.53. The van der Waals surface area contributed by atoms with Crippen molar-refractivity contribution in [2.45, 2.75) is 31.1 Å². The van der Waals surface area contributed by atoms with Crippen molar-refractivity contribution in [3.63, 3.8) is 0 Å². The van der Waals surface area contributed by atoms with Crippen LogP contribution in [0.5, 0.6) is 0 Å². The van der Waals surface area contributed by atoms with Gasteiger partial charge in [-0.3, -0.25) is 9.78 Å². The molecule has 1 N–H and O–H groups in total. The minimum Gasteiger partial charge on any atom is -0.339 e. The zero-order valence-electron chi connectivity index (χ0n) is 19.2. The first-order valence-electron chi connectivity index (χ1n) is 11.5. The maximum Gasteiger partial charge on any atom is 0.449 e. The number of nitrogens with one attached hydrogen (secondary N) is 1. The number of carbonyl (C=O) groups excluding carboxylic acids is 1. The van der Waals surface area contributed by atoms with Crippen molar-refractivity contribution in [1.82, 2.24) is 19.9 Å². The number of alkyl halides is 6. The topological polar surface area (TPSA) is 61.9 Å². The summed E-state index contributed by atoms with van der Waals surface area (Å²) in [5.74, 6) is -1.40. The van der Waals surface area contributed by atoms with Crippen LogP contribution in [0.2, 0.25) is 0 Å². The summed E-state index contributed by atoms with van der Waals surface area (Å²) in [6, 6.07) is 14.5. The van der Waals surface area contributed by atoms with Gasteiger partial charge in [-0.25, -0.2) is 4.98 Å². The molecule has 5 rings (SSSR count). The lowest BCUT2D eigenvalue weighted by Gasteiger charge is -2.32. The first-order chi connectivity index (χ1) is 17.5. The molecule has 1 aliphatic heterocycles. The molecule has 2 aromatic carbocycles. The second kappa shape index (κ2) is 9.20. The van der Waals surface area contributed by atoms with Crippen molar-refractivity contribution in [2.75, 3.05) is 13.1 Å². The third-order valence-corrected chi connectivity index (χ3v) is 6.45. The summed E-state index contributed by atoms with van der Waals surface area (Å²) in [5.41, 5.74) is 1.30. The number of likely N-dealkylation sites (tertiary alicyclic amines) is 1. The Morgan fingerprint density at radius 3 is 2.30 bits per heavy atom. The lowest BCUT2D eigenvalue weighted by Crippen LogP contribution is -2.38. The Balaban J connectivity index is 1.28. The van der Waals surface area contributed by atoms with Gasteiger partial charge >= 0.3 is 12.4 Å². The smallest absolute Gasteiger partial charge is 0.339 e. The maximum absolute atomic E-state index is 13.1. The zero-order chi connectivity index (χ0) is 26.4. The minimum absolute atomic E-state index is 0.0132. The van der Waals surface area contributed by atoms with E-state index >= 15 is 0 Å². The standard InChI is InChI=1S/C26H20F6N4O/c27-25(28,29)18-4-1-3-16(13-18)20-6-2-5-19(33-20)15-9-11-36(12-10-15)23(37)17-7-8-21-22(14-17)35-24(34-21)26(30,31)32/h1-8,13-15H,9-12H2,(H,34,35). The SMILES string of the molecule is O=C(c1ccc2nc(C(F)(F)F)[nH]c2c1)N1CCC(c2cccc(-c3cccc(C(F)(F)F)c3)n2)CC1. The van der Waals surface area contributed by atoms with Gasteiger partial charge in [0, 0.05) is 35.8 Å². The third kappa shape index (κ3) is 5.16. The number of hydrogen-bond donors (Lipinski definition) is 1. The number of hydrogen-bond acceptors (Lipinski definition) is 3. The van der Waals surface area contributed by atoms with E-state index in [1.54, 1.807) is 23.1 Å². The van der Waals surface area contributed by atoms with Crippen LogP contribution in [0.1, 0.15) is 46.2 Å². The van der Waals surface area contributed by atoms with E-state index in [9.17, 15) is 31.1 Å². The zero-order valence-corrected chi connectivity index (χ0v) is 19.2. The molecule has 0 unspecified atom stereocenters. The monoisotopic (exact) mass is 518 g/mol. The molecule has 11 heteroatoms. The van der Waals surface area contributed by atoms with E-state index in [-0.39, 0.29) is 28.4 Å². The second-order valence-corrected chi connectivity index (χ2v) is 8.91. The molecule has 1 aliphatic rings. The number of aromatic amines is 1. The molecule has 0 atom stereocenters. The first kappa shape index (κ1) is 24.8. The summed E-state index contributed by atoms with van der Waals surface area (Å²) in [4.78, 5) is 25.0. The highest BCUT2D eigenvalue weighted by molar-refractivity contribution is 5.97. The molecule has 1 fully saturated rings. The minimum atomic E-state index is -4.61. The highest BCUT2D eigenvalue weighted by Gasteiger charge is 2.35. The van der Waals surface area contributed by atoms with Gasteiger partial charge in [0.2, 0.25) is 5.82 Å². The van der Waals surface area contributed by atoms with Crippen molar-refractivity contribution in [1.29, 1.82) is 0 Å². The second-order valence-electron chi connectivity index (χ2n) is 8.91. The van der Waals surface area contributed by atoms with Gasteiger partial charge in [-0.1, -0.05) is 18.2 Å². The predicted octanol–water partition coefficient (Wildman–Crippen LogP) is 6.68. The molecule has 0 aliphatic carbocycles. The van der Waals surface area contributed by atoms with E-state index in [4.69, 9.17) is 0 Å². The Hall–Kier alpha value is -3.89. The van der Waals surface area contributed by atoms with Gasteiger partial charge in [-0.2, -0.15) is 26.3 Å². The highest BCUT2D eigenvalue weighted by atomic mass is 19.4. The summed E-state index contributed by atoms with van der Waals surface area (Å²) in [5, 5.41) is 0. The fraction of sp³-hybridized carbons (Fsp3) is 0.269. The van der Waals surface area contributed by atoms with Gasteiger partial charge in [-0.15, -0.1) is 0 Å². The molecule has 3 heterocycles. The number of aromatic nitrogens is 3. The Bertz CT molecular complexity index is 1450. The molecule has 0 spiro atoms. The summed E-state index contributed by atoms with van der Waals surface area (Å²) in [6.07, 6.45) is -7.88. The molecule has 4 aromatic rings. The molecular weight excluding hydrogens is 498 g/mol. The summed E-state index contributed by atoms with van der Waals surface area (Å²) < 4.78 is 78.1. The fourth-order valence-electron chi connectivity index (χ4n) is 4.53. The molecule has 1 saturated heterocycles. The van der Waals surface area contributed by atoms with Crippen LogP contribution in [0.4, 0.5) is 26.3 Å². The number of rotatable bonds is 3. The van der Waals surface area contributed by atoms with Crippen molar-refractivity contribution >= 4 is 16.9 Å². The van der Waals surface area contributed by atoms with Crippen LogP contribution in [0.25, 0.3) is 22.3 Å². The number of carbonyl (C=O) groups is 1. The van der Waals surface area contributed by atoms with Gasteiger partial charge < -0.3 is 9.88 Å². The maximum atomic E-state index is 13.1. The number of benzene rings is 2. The highest BCUT2D eigenvalue weighted by Crippen LogP contribution is 2.34. The van der Waals surface area contributed by atoms with Gasteiger partial charge in [0.25, 0.3) is 5.91 Å². The van der Waals surface area contributed by atoms with Crippen molar-refractivity contribution in [3.05, 3.63) is 83.3 Å². The molecule has 1 amide bonds. The van der Waals surface area contributed by atoms with E-state index in [0.717, 1.165) is 17.8 Å². The molecule has 0 radical (unpaired) electrons. The molecule has 5 nitrogen and oxygen atoms in total. The molecule has 0 bridgehead atoms. The van der Waals surface area contributed by atoms with Crippen LogP contribution >= 0.6 is 0 Å². The van der Waals surface area contributed by atoms with E-state index in [1.807, 2.05) is 6.07 Å². The Morgan fingerprint density at radius 2 is 1.59 bits per heavy atom. The van der Waals surface area contributed by atoms with Crippen LogP contribution in [0, 0.1) is 0 Å². The molecule has 192 valence electrons. The van der Waals surface area contributed by atoms with E-state index in [0.29, 0.717) is 37.2 Å². The summed E-state index contributed by atoms with van der Waals surface area (Å²) in [6.45, 7) is 0.821. The van der Waals surface area contributed by atoms with Crippen LogP contribution < -0.4 is 0 Å². The number of H-pyrrole nitrogens is 1. The van der Waals surface area contributed by atoms with Crippen LogP contribution in [-0.2, 0) is 12.4 Å². The Labute approximate surface area is 207 Å². The number of pyridine rings is 1. The summed E-state index contributed by atoms with van der Waals surface area (Å²) >= 11 is 0.